The summed E-state index contributed by atoms with van der Waals surface area (Å²) in [5.41, 5.74) is 3.24. The molecule has 0 radical (unpaired) electrons. The number of amides is 2. The molecule has 0 unspecified atom stereocenters. The summed E-state index contributed by atoms with van der Waals surface area (Å²) < 4.78 is 0. The molecule has 1 fully saturated rings. The third-order valence-electron chi connectivity index (χ3n) is 5.02. The van der Waals surface area contributed by atoms with Crippen molar-refractivity contribution in [1.29, 1.82) is 0 Å². The molecular formula is C20H30N2O3. The highest BCUT2D eigenvalue weighted by atomic mass is 16.4. The van der Waals surface area contributed by atoms with Gasteiger partial charge < -0.3 is 15.7 Å². The molecule has 25 heavy (non-hydrogen) atoms. The number of hydrogen-bond acceptors (Lipinski definition) is 2. The molecule has 5 heteroatoms. The summed E-state index contributed by atoms with van der Waals surface area (Å²) in [6.45, 7) is 8.56. The average Bonchev–Trinajstić information content (AvgIpc) is 2.55. The Morgan fingerprint density at radius 1 is 1.04 bits per heavy atom. The fourth-order valence-electron chi connectivity index (χ4n) is 3.36. The van der Waals surface area contributed by atoms with Gasteiger partial charge in [-0.3, -0.25) is 4.79 Å². The van der Waals surface area contributed by atoms with Crippen molar-refractivity contribution < 1.29 is 14.7 Å². The molecular weight excluding hydrogens is 316 g/mol. The standard InChI is InChI=1S/C20H30N2O3/c1-12(2)15-7-10-18(17(11-15)13(3)4)22-20(25)21-16-8-5-14(6-9-16)19(23)24/h7,10-14,16H,5-6,8-9H2,1-4H3,(H,23,24)(H2,21,22,25). The number of nitrogens with one attached hydrogen (secondary N) is 2. The Labute approximate surface area is 150 Å². The van der Waals surface area contributed by atoms with Gasteiger partial charge in [-0.1, -0.05) is 39.8 Å². The van der Waals surface area contributed by atoms with Gasteiger partial charge in [0.25, 0.3) is 0 Å². The molecule has 1 aromatic rings. The van der Waals surface area contributed by atoms with E-state index in [4.69, 9.17) is 5.11 Å². The lowest BCUT2D eigenvalue weighted by atomic mass is 9.86. The van der Waals surface area contributed by atoms with E-state index in [0.29, 0.717) is 37.5 Å². The number of benzene rings is 1. The Bertz CT molecular complexity index is 617. The molecule has 0 bridgehead atoms. The molecule has 0 aliphatic heterocycles. The van der Waals surface area contributed by atoms with Crippen molar-refractivity contribution in [1.82, 2.24) is 5.32 Å². The smallest absolute Gasteiger partial charge is 0.319 e. The highest BCUT2D eigenvalue weighted by Crippen LogP contribution is 2.29. The number of carbonyl (C=O) groups is 2. The van der Waals surface area contributed by atoms with E-state index in [9.17, 15) is 9.59 Å². The van der Waals surface area contributed by atoms with Crippen molar-refractivity contribution in [2.24, 2.45) is 5.92 Å². The molecule has 1 saturated carbocycles. The number of aliphatic carboxylic acids is 1. The summed E-state index contributed by atoms with van der Waals surface area (Å²) in [5.74, 6) is -0.225. The van der Waals surface area contributed by atoms with Gasteiger partial charge in [0.15, 0.2) is 0 Å². The molecule has 138 valence electrons. The van der Waals surface area contributed by atoms with Gasteiger partial charge in [-0.05, 0) is 54.7 Å². The van der Waals surface area contributed by atoms with Crippen LogP contribution in [0, 0.1) is 5.92 Å². The number of rotatable bonds is 5. The SMILES string of the molecule is CC(C)c1ccc(NC(=O)NC2CCC(C(=O)O)CC2)c(C(C)C)c1. The zero-order valence-electron chi connectivity index (χ0n) is 15.6. The monoisotopic (exact) mass is 346 g/mol. The van der Waals surface area contributed by atoms with E-state index in [2.05, 4.69) is 50.5 Å². The maximum Gasteiger partial charge on any atom is 0.319 e. The number of anilines is 1. The molecule has 5 nitrogen and oxygen atoms in total. The van der Waals surface area contributed by atoms with E-state index in [1.807, 2.05) is 6.07 Å². The fraction of sp³-hybridized carbons (Fsp3) is 0.600. The molecule has 0 aromatic heterocycles. The molecule has 2 rings (SSSR count). The average molecular weight is 346 g/mol. The first-order valence-corrected chi connectivity index (χ1v) is 9.22. The van der Waals surface area contributed by atoms with Gasteiger partial charge in [0.2, 0.25) is 0 Å². The summed E-state index contributed by atoms with van der Waals surface area (Å²) in [7, 11) is 0. The third-order valence-corrected chi connectivity index (χ3v) is 5.02. The van der Waals surface area contributed by atoms with Crippen LogP contribution in [0.1, 0.15) is 76.3 Å². The third kappa shape index (κ3) is 5.21. The second-order valence-corrected chi connectivity index (χ2v) is 7.64. The zero-order valence-corrected chi connectivity index (χ0v) is 15.6. The summed E-state index contributed by atoms with van der Waals surface area (Å²) in [5, 5.41) is 15.0. The Hall–Kier alpha value is -2.04. The minimum Gasteiger partial charge on any atom is -0.481 e. The van der Waals surface area contributed by atoms with E-state index in [1.54, 1.807) is 0 Å². The highest BCUT2D eigenvalue weighted by Gasteiger charge is 2.26. The van der Waals surface area contributed by atoms with E-state index in [-0.39, 0.29) is 18.0 Å². The van der Waals surface area contributed by atoms with Crippen molar-refractivity contribution in [3.63, 3.8) is 0 Å². The fourth-order valence-corrected chi connectivity index (χ4v) is 3.36. The van der Waals surface area contributed by atoms with Crippen LogP contribution in [0.4, 0.5) is 10.5 Å². The first kappa shape index (κ1) is 19.3. The predicted molar refractivity (Wildman–Crippen MR) is 100 cm³/mol. The molecule has 0 saturated heterocycles. The lowest BCUT2D eigenvalue weighted by Crippen LogP contribution is -2.41. The van der Waals surface area contributed by atoms with Crippen LogP contribution in [0.3, 0.4) is 0 Å². The number of hydrogen-bond donors (Lipinski definition) is 3. The van der Waals surface area contributed by atoms with Crippen molar-refractivity contribution in [2.45, 2.75) is 71.3 Å². The van der Waals surface area contributed by atoms with Crippen molar-refractivity contribution in [3.8, 4) is 0 Å². The normalized spacial score (nSPS) is 20.6. The Morgan fingerprint density at radius 2 is 1.68 bits per heavy atom. The number of urea groups is 1. The minimum absolute atomic E-state index is 0.0491. The molecule has 1 aliphatic carbocycles. The molecule has 0 heterocycles. The molecule has 0 spiro atoms. The van der Waals surface area contributed by atoms with Gasteiger partial charge in [0, 0.05) is 11.7 Å². The van der Waals surface area contributed by atoms with E-state index >= 15 is 0 Å². The second kappa shape index (κ2) is 8.37. The van der Waals surface area contributed by atoms with Crippen LogP contribution in [0.25, 0.3) is 0 Å². The largest absolute Gasteiger partial charge is 0.481 e. The zero-order chi connectivity index (χ0) is 18.6. The topological polar surface area (TPSA) is 78.4 Å². The van der Waals surface area contributed by atoms with Crippen LogP contribution in [-0.2, 0) is 4.79 Å². The van der Waals surface area contributed by atoms with Crippen LogP contribution >= 0.6 is 0 Å². The van der Waals surface area contributed by atoms with Crippen molar-refractivity contribution >= 4 is 17.7 Å². The van der Waals surface area contributed by atoms with Gasteiger partial charge in [0.1, 0.15) is 0 Å². The molecule has 3 N–H and O–H groups in total. The van der Waals surface area contributed by atoms with Crippen LogP contribution in [-0.4, -0.2) is 23.1 Å². The Balaban J connectivity index is 1.97. The Kier molecular flexibility index (Phi) is 6.45. The number of carbonyl (C=O) groups excluding carboxylic acids is 1. The molecule has 0 atom stereocenters. The van der Waals surface area contributed by atoms with Crippen LogP contribution in [0.2, 0.25) is 0 Å². The summed E-state index contributed by atoms with van der Waals surface area (Å²) in [6.07, 6.45) is 2.68. The molecule has 2 amide bonds. The molecule has 1 aromatic carbocycles. The van der Waals surface area contributed by atoms with Gasteiger partial charge in [-0.15, -0.1) is 0 Å². The maximum absolute atomic E-state index is 12.4. The number of carboxylic acid groups (broad SMARTS) is 1. The lowest BCUT2D eigenvalue weighted by molar-refractivity contribution is -0.142. The van der Waals surface area contributed by atoms with Gasteiger partial charge in [0.05, 0.1) is 5.92 Å². The first-order chi connectivity index (χ1) is 11.8. The quantitative estimate of drug-likeness (QED) is 0.723. The van der Waals surface area contributed by atoms with Crippen molar-refractivity contribution in [2.75, 3.05) is 5.32 Å². The van der Waals surface area contributed by atoms with Gasteiger partial charge in [-0.25, -0.2) is 4.79 Å². The van der Waals surface area contributed by atoms with E-state index < -0.39 is 5.97 Å². The summed E-state index contributed by atoms with van der Waals surface area (Å²) in [4.78, 5) is 23.4. The summed E-state index contributed by atoms with van der Waals surface area (Å²) in [6, 6.07) is 6.05. The van der Waals surface area contributed by atoms with Crippen LogP contribution in [0.5, 0.6) is 0 Å². The highest BCUT2D eigenvalue weighted by molar-refractivity contribution is 5.90. The molecule has 1 aliphatic rings. The predicted octanol–water partition coefficient (Wildman–Crippen LogP) is 4.70. The summed E-state index contributed by atoms with van der Waals surface area (Å²) >= 11 is 0. The minimum atomic E-state index is -0.727. The van der Waals surface area contributed by atoms with E-state index in [0.717, 1.165) is 11.3 Å². The van der Waals surface area contributed by atoms with Gasteiger partial charge >= 0.3 is 12.0 Å². The van der Waals surface area contributed by atoms with Crippen LogP contribution < -0.4 is 10.6 Å². The maximum atomic E-state index is 12.4. The lowest BCUT2D eigenvalue weighted by Gasteiger charge is -2.27. The van der Waals surface area contributed by atoms with Crippen LogP contribution in [0.15, 0.2) is 18.2 Å². The second-order valence-electron chi connectivity index (χ2n) is 7.64. The first-order valence-electron chi connectivity index (χ1n) is 9.22. The van der Waals surface area contributed by atoms with Crippen molar-refractivity contribution in [3.05, 3.63) is 29.3 Å². The van der Waals surface area contributed by atoms with E-state index in [1.165, 1.54) is 5.56 Å². The Morgan fingerprint density at radius 3 is 2.20 bits per heavy atom. The number of carboxylic acids is 1. The van der Waals surface area contributed by atoms with Gasteiger partial charge in [-0.2, -0.15) is 0 Å².